The summed E-state index contributed by atoms with van der Waals surface area (Å²) in [5.74, 6) is 0.983. The lowest BCUT2D eigenvalue weighted by Gasteiger charge is -2.38. The Kier molecular flexibility index (Phi) is 3.51. The summed E-state index contributed by atoms with van der Waals surface area (Å²) in [5, 5.41) is 4.20. The lowest BCUT2D eigenvalue weighted by molar-refractivity contribution is 0.0174. The number of nitrogens with zero attached hydrogens (tertiary/aromatic N) is 3. The van der Waals surface area contributed by atoms with E-state index in [1.165, 1.54) is 5.56 Å². The van der Waals surface area contributed by atoms with Crippen molar-refractivity contribution in [1.29, 1.82) is 0 Å². The van der Waals surface area contributed by atoms with E-state index in [9.17, 15) is 0 Å². The maximum absolute atomic E-state index is 5.93. The van der Waals surface area contributed by atoms with E-state index in [1.807, 2.05) is 35.3 Å². The molecule has 1 saturated heterocycles. The minimum Gasteiger partial charge on any atom is -0.488 e. The average Bonchev–Trinajstić information content (AvgIpc) is 2.85. The third kappa shape index (κ3) is 3.15. The molecule has 3 rings (SSSR count). The summed E-state index contributed by atoms with van der Waals surface area (Å²) in [6.07, 6.45) is 4.15. The molecule has 0 bridgehead atoms. The molecule has 1 aromatic heterocycles. The Balaban J connectivity index is 1.40. The number of aromatic nitrogens is 2. The molecule has 4 nitrogen and oxygen atoms in total. The van der Waals surface area contributed by atoms with E-state index in [4.69, 9.17) is 4.74 Å². The topological polar surface area (TPSA) is 30.3 Å². The monoisotopic (exact) mass is 257 g/mol. The predicted octanol–water partition coefficient (Wildman–Crippen LogP) is 1.95. The minimum atomic E-state index is 0.333. The number of benzene rings is 1. The van der Waals surface area contributed by atoms with Gasteiger partial charge in [-0.3, -0.25) is 9.58 Å². The maximum Gasteiger partial charge on any atom is 0.124 e. The molecule has 1 aliphatic rings. The van der Waals surface area contributed by atoms with Crippen molar-refractivity contribution in [3.63, 3.8) is 0 Å². The van der Waals surface area contributed by atoms with Gasteiger partial charge in [0, 0.05) is 32.0 Å². The predicted molar refractivity (Wildman–Crippen MR) is 74.3 cm³/mol. The van der Waals surface area contributed by atoms with Crippen LogP contribution < -0.4 is 4.74 Å². The van der Waals surface area contributed by atoms with Crippen molar-refractivity contribution in [1.82, 2.24) is 14.7 Å². The zero-order valence-corrected chi connectivity index (χ0v) is 11.2. The fraction of sp³-hybridized carbons (Fsp3) is 0.400. The van der Waals surface area contributed by atoms with E-state index >= 15 is 0 Å². The van der Waals surface area contributed by atoms with Crippen molar-refractivity contribution in [3.8, 4) is 5.75 Å². The van der Waals surface area contributed by atoms with Crippen LogP contribution in [0.3, 0.4) is 0 Å². The van der Waals surface area contributed by atoms with Gasteiger partial charge >= 0.3 is 0 Å². The molecule has 0 atom stereocenters. The van der Waals surface area contributed by atoms with Crippen LogP contribution in [-0.2, 0) is 6.54 Å². The molecule has 4 heteroatoms. The van der Waals surface area contributed by atoms with Gasteiger partial charge < -0.3 is 4.74 Å². The molecule has 1 fully saturated rings. The van der Waals surface area contributed by atoms with Crippen LogP contribution in [0.2, 0.25) is 0 Å². The standard InChI is InChI=1S/C15H19N3O/c1-13-4-2-5-14(10-13)19-15-11-17(12-15)8-9-18-7-3-6-16-18/h2-7,10,15H,8-9,11-12H2,1H3. The van der Waals surface area contributed by atoms with Gasteiger partial charge in [0.1, 0.15) is 11.9 Å². The summed E-state index contributed by atoms with van der Waals surface area (Å²) in [6, 6.07) is 10.2. The smallest absolute Gasteiger partial charge is 0.124 e. The summed E-state index contributed by atoms with van der Waals surface area (Å²) in [7, 11) is 0. The van der Waals surface area contributed by atoms with Crippen LogP contribution in [-0.4, -0.2) is 40.4 Å². The first kappa shape index (κ1) is 12.2. The molecule has 100 valence electrons. The summed E-state index contributed by atoms with van der Waals surface area (Å²) in [4.78, 5) is 2.39. The number of hydrogen-bond donors (Lipinski definition) is 0. The van der Waals surface area contributed by atoms with E-state index in [2.05, 4.69) is 29.1 Å². The molecule has 1 aliphatic heterocycles. The molecule has 0 aliphatic carbocycles. The van der Waals surface area contributed by atoms with Gasteiger partial charge in [0.25, 0.3) is 0 Å². The van der Waals surface area contributed by atoms with Gasteiger partial charge in [0.05, 0.1) is 6.54 Å². The van der Waals surface area contributed by atoms with E-state index in [1.54, 1.807) is 0 Å². The second-order valence-electron chi connectivity index (χ2n) is 5.09. The molecule has 0 unspecified atom stereocenters. The van der Waals surface area contributed by atoms with Gasteiger partial charge in [0.2, 0.25) is 0 Å². The summed E-state index contributed by atoms with van der Waals surface area (Å²) in [6.45, 7) is 6.09. The summed E-state index contributed by atoms with van der Waals surface area (Å²) in [5.41, 5.74) is 1.24. The first-order valence-electron chi connectivity index (χ1n) is 6.73. The van der Waals surface area contributed by atoms with E-state index in [0.717, 1.165) is 31.9 Å². The quantitative estimate of drug-likeness (QED) is 0.820. The van der Waals surface area contributed by atoms with Gasteiger partial charge in [0.15, 0.2) is 0 Å². The lowest BCUT2D eigenvalue weighted by Crippen LogP contribution is -2.54. The number of likely N-dealkylation sites (tertiary alicyclic amines) is 1. The summed E-state index contributed by atoms with van der Waals surface area (Å²) >= 11 is 0. The maximum atomic E-state index is 5.93. The van der Waals surface area contributed by atoms with Crippen LogP contribution in [0.5, 0.6) is 5.75 Å². The van der Waals surface area contributed by atoms with Crippen molar-refractivity contribution in [2.24, 2.45) is 0 Å². The molecule has 1 aromatic carbocycles. The molecule has 19 heavy (non-hydrogen) atoms. The van der Waals surface area contributed by atoms with Crippen LogP contribution in [0.4, 0.5) is 0 Å². The van der Waals surface area contributed by atoms with Crippen molar-refractivity contribution < 1.29 is 4.74 Å². The molecule has 0 radical (unpaired) electrons. The fourth-order valence-corrected chi connectivity index (χ4v) is 2.34. The highest BCUT2D eigenvalue weighted by Gasteiger charge is 2.27. The Morgan fingerprint density at radius 3 is 2.89 bits per heavy atom. The largest absolute Gasteiger partial charge is 0.488 e. The van der Waals surface area contributed by atoms with Crippen LogP contribution >= 0.6 is 0 Å². The third-order valence-electron chi connectivity index (χ3n) is 3.42. The molecule has 0 saturated carbocycles. The van der Waals surface area contributed by atoms with Crippen molar-refractivity contribution in [3.05, 3.63) is 48.3 Å². The molecular formula is C15H19N3O. The normalized spacial score (nSPS) is 16.3. The SMILES string of the molecule is Cc1cccc(OC2CN(CCn3cccn3)C2)c1. The van der Waals surface area contributed by atoms with Gasteiger partial charge in [-0.1, -0.05) is 12.1 Å². The molecule has 0 spiro atoms. The first-order chi connectivity index (χ1) is 9.29. The third-order valence-corrected chi connectivity index (χ3v) is 3.42. The summed E-state index contributed by atoms with van der Waals surface area (Å²) < 4.78 is 7.90. The highest BCUT2D eigenvalue weighted by atomic mass is 16.5. The minimum absolute atomic E-state index is 0.333. The van der Waals surface area contributed by atoms with E-state index < -0.39 is 0 Å². The Morgan fingerprint density at radius 2 is 2.16 bits per heavy atom. The molecule has 2 aromatic rings. The Bertz CT molecular complexity index is 518. The Morgan fingerprint density at radius 1 is 1.26 bits per heavy atom. The second kappa shape index (κ2) is 5.45. The van der Waals surface area contributed by atoms with Crippen molar-refractivity contribution >= 4 is 0 Å². The lowest BCUT2D eigenvalue weighted by atomic mass is 10.1. The van der Waals surface area contributed by atoms with Crippen LogP contribution in [0, 0.1) is 6.92 Å². The van der Waals surface area contributed by atoms with Crippen molar-refractivity contribution in [2.45, 2.75) is 19.6 Å². The number of rotatable bonds is 5. The zero-order chi connectivity index (χ0) is 13.1. The zero-order valence-electron chi connectivity index (χ0n) is 11.2. The van der Waals surface area contributed by atoms with Crippen molar-refractivity contribution in [2.75, 3.05) is 19.6 Å². The van der Waals surface area contributed by atoms with Gasteiger partial charge in [-0.15, -0.1) is 0 Å². The molecular weight excluding hydrogens is 238 g/mol. The van der Waals surface area contributed by atoms with Gasteiger partial charge in [-0.05, 0) is 30.7 Å². The number of aryl methyl sites for hydroxylation is 1. The van der Waals surface area contributed by atoms with E-state index in [-0.39, 0.29) is 0 Å². The van der Waals surface area contributed by atoms with Gasteiger partial charge in [-0.2, -0.15) is 5.10 Å². The van der Waals surface area contributed by atoms with Crippen LogP contribution in [0.15, 0.2) is 42.7 Å². The Labute approximate surface area is 113 Å². The van der Waals surface area contributed by atoms with Crippen LogP contribution in [0.25, 0.3) is 0 Å². The number of ether oxygens (including phenoxy) is 1. The number of hydrogen-bond acceptors (Lipinski definition) is 3. The highest BCUT2D eigenvalue weighted by Crippen LogP contribution is 2.18. The fourth-order valence-electron chi connectivity index (χ4n) is 2.34. The second-order valence-corrected chi connectivity index (χ2v) is 5.09. The van der Waals surface area contributed by atoms with E-state index in [0.29, 0.717) is 6.10 Å². The van der Waals surface area contributed by atoms with Gasteiger partial charge in [-0.25, -0.2) is 0 Å². The molecule has 0 amide bonds. The van der Waals surface area contributed by atoms with Crippen LogP contribution in [0.1, 0.15) is 5.56 Å². The molecule has 2 heterocycles. The molecule has 0 N–H and O–H groups in total. The average molecular weight is 257 g/mol. The Hall–Kier alpha value is -1.81. The highest BCUT2D eigenvalue weighted by molar-refractivity contribution is 5.27. The first-order valence-corrected chi connectivity index (χ1v) is 6.73.